The molecule has 0 saturated carbocycles. The maximum absolute atomic E-state index is 4.27. The van der Waals surface area contributed by atoms with E-state index in [9.17, 15) is 0 Å². The fourth-order valence-corrected chi connectivity index (χ4v) is 1.93. The van der Waals surface area contributed by atoms with Crippen molar-refractivity contribution in [3.05, 3.63) is 35.5 Å². The molecule has 0 radical (unpaired) electrons. The molecule has 0 bridgehead atoms. The molecule has 0 fully saturated rings. The monoisotopic (exact) mass is 170 g/mol. The second kappa shape index (κ2) is 2.46. The van der Waals surface area contributed by atoms with Crippen molar-refractivity contribution in [2.24, 2.45) is 0 Å². The molecule has 0 atom stereocenters. The summed E-state index contributed by atoms with van der Waals surface area (Å²) in [5.41, 5.74) is 3.65. The van der Waals surface area contributed by atoms with Crippen molar-refractivity contribution in [1.29, 1.82) is 0 Å². The predicted molar refractivity (Wildman–Crippen MR) is 53.4 cm³/mol. The van der Waals surface area contributed by atoms with Crippen molar-refractivity contribution < 1.29 is 0 Å². The molecule has 1 heterocycles. The lowest BCUT2D eigenvalue weighted by molar-refractivity contribution is 1.02. The Balaban J connectivity index is 2.48. The maximum Gasteiger partial charge on any atom is 0.0926 e. The Kier molecular flexibility index (Phi) is 1.30. The Morgan fingerprint density at radius 1 is 1.31 bits per heavy atom. The van der Waals surface area contributed by atoms with E-state index in [4.69, 9.17) is 0 Å². The first-order valence-corrected chi connectivity index (χ1v) is 4.58. The maximum atomic E-state index is 4.27. The van der Waals surface area contributed by atoms with Crippen molar-refractivity contribution in [3.8, 4) is 0 Å². The van der Waals surface area contributed by atoms with Gasteiger partial charge in [-0.1, -0.05) is 18.2 Å². The highest BCUT2D eigenvalue weighted by Gasteiger charge is 2.09. The van der Waals surface area contributed by atoms with E-state index in [-0.39, 0.29) is 0 Å². The number of aromatic amines is 1. The number of nitrogens with one attached hydrogen (secondary N) is 1. The highest BCUT2D eigenvalue weighted by Crippen LogP contribution is 2.25. The predicted octanol–water partition coefficient (Wildman–Crippen LogP) is 2.52. The van der Waals surface area contributed by atoms with Crippen molar-refractivity contribution >= 4 is 17.0 Å². The zero-order valence-electron chi connectivity index (χ0n) is 7.25. The summed E-state index contributed by atoms with van der Waals surface area (Å²) in [6.45, 7) is 0. The molecule has 1 aliphatic carbocycles. The molecule has 64 valence electrons. The summed E-state index contributed by atoms with van der Waals surface area (Å²) in [6.07, 6.45) is 6.54. The summed E-state index contributed by atoms with van der Waals surface area (Å²) in [6, 6.07) is 6.35. The van der Waals surface area contributed by atoms with Crippen LogP contribution < -0.4 is 0 Å². The molecule has 0 saturated heterocycles. The van der Waals surface area contributed by atoms with Crippen LogP contribution in [0.1, 0.15) is 17.7 Å². The van der Waals surface area contributed by atoms with Crippen LogP contribution in [0.5, 0.6) is 0 Å². The fourth-order valence-electron chi connectivity index (χ4n) is 1.93. The van der Waals surface area contributed by atoms with Gasteiger partial charge in [0.1, 0.15) is 0 Å². The van der Waals surface area contributed by atoms with Gasteiger partial charge < -0.3 is 0 Å². The summed E-state index contributed by atoms with van der Waals surface area (Å²) >= 11 is 0. The Hall–Kier alpha value is -1.57. The van der Waals surface area contributed by atoms with E-state index in [0.717, 1.165) is 24.1 Å². The molecule has 0 amide bonds. The number of H-pyrrole nitrogens is 1. The van der Waals surface area contributed by atoms with E-state index in [1.54, 1.807) is 0 Å². The molecule has 1 aromatic carbocycles. The summed E-state index contributed by atoms with van der Waals surface area (Å²) in [7, 11) is 0. The number of rotatable bonds is 0. The summed E-state index contributed by atoms with van der Waals surface area (Å²) in [5.74, 6) is 0. The Morgan fingerprint density at radius 3 is 3.31 bits per heavy atom. The van der Waals surface area contributed by atoms with Crippen LogP contribution in [0.4, 0.5) is 0 Å². The molecule has 13 heavy (non-hydrogen) atoms. The first-order valence-electron chi connectivity index (χ1n) is 4.58. The lowest BCUT2D eigenvalue weighted by atomic mass is 10.1. The van der Waals surface area contributed by atoms with Crippen molar-refractivity contribution in [3.63, 3.8) is 0 Å². The van der Waals surface area contributed by atoms with Crippen LogP contribution in [0.2, 0.25) is 0 Å². The van der Waals surface area contributed by atoms with Gasteiger partial charge in [-0.25, -0.2) is 0 Å². The minimum absolute atomic E-state index is 1.09. The van der Waals surface area contributed by atoms with Crippen LogP contribution >= 0.6 is 0 Å². The molecule has 1 aliphatic rings. The third-order valence-corrected chi connectivity index (χ3v) is 2.56. The zero-order chi connectivity index (χ0) is 8.67. The van der Waals surface area contributed by atoms with Crippen LogP contribution in [0.3, 0.4) is 0 Å². The topological polar surface area (TPSA) is 28.7 Å². The first-order chi connectivity index (χ1) is 6.45. The highest BCUT2D eigenvalue weighted by molar-refractivity contribution is 5.90. The third kappa shape index (κ3) is 0.917. The number of benzene rings is 1. The van der Waals surface area contributed by atoms with Crippen molar-refractivity contribution in [2.75, 3.05) is 0 Å². The molecule has 0 spiro atoms. The van der Waals surface area contributed by atoms with E-state index >= 15 is 0 Å². The van der Waals surface area contributed by atoms with E-state index in [1.807, 2.05) is 0 Å². The van der Waals surface area contributed by atoms with Crippen LogP contribution in [-0.2, 0) is 6.42 Å². The molecular formula is C11H10N2. The number of hydrogen-bond donors (Lipinski definition) is 1. The van der Waals surface area contributed by atoms with Gasteiger partial charge in [0.2, 0.25) is 0 Å². The normalized spacial score (nSPS) is 14.8. The third-order valence-electron chi connectivity index (χ3n) is 2.56. The highest BCUT2D eigenvalue weighted by atomic mass is 15.1. The number of hydrogen-bond acceptors (Lipinski definition) is 1. The van der Waals surface area contributed by atoms with E-state index in [0.29, 0.717) is 0 Å². The summed E-state index contributed by atoms with van der Waals surface area (Å²) in [4.78, 5) is 0. The zero-order valence-corrected chi connectivity index (χ0v) is 7.25. The standard InChI is InChI=1S/C11H10N2/c1-2-6-9-11-8(4-1)5-3-7-10(11)13-12-9/h2-3,5-7H,1,4H2,(H,12,13). The number of nitrogens with zero attached hydrogens (tertiary/aromatic N) is 1. The largest absolute Gasteiger partial charge is 0.277 e. The molecule has 1 aromatic heterocycles. The van der Waals surface area contributed by atoms with Crippen LogP contribution in [0.25, 0.3) is 17.0 Å². The van der Waals surface area contributed by atoms with Crippen LogP contribution in [0, 0.1) is 0 Å². The second-order valence-corrected chi connectivity index (χ2v) is 3.39. The van der Waals surface area contributed by atoms with E-state index in [2.05, 4.69) is 40.5 Å². The average Bonchev–Trinajstić information content (AvgIpc) is 2.44. The van der Waals surface area contributed by atoms with Gasteiger partial charge in [0.15, 0.2) is 0 Å². The van der Waals surface area contributed by atoms with E-state index < -0.39 is 0 Å². The quantitative estimate of drug-likeness (QED) is 0.646. The minimum Gasteiger partial charge on any atom is -0.277 e. The first kappa shape index (κ1) is 6.89. The van der Waals surface area contributed by atoms with Gasteiger partial charge in [0, 0.05) is 5.39 Å². The van der Waals surface area contributed by atoms with Crippen LogP contribution in [0.15, 0.2) is 24.3 Å². The van der Waals surface area contributed by atoms with E-state index in [1.165, 1.54) is 10.9 Å². The Morgan fingerprint density at radius 2 is 2.31 bits per heavy atom. The Bertz CT molecular complexity index is 480. The minimum atomic E-state index is 1.09. The molecule has 0 unspecified atom stereocenters. The second-order valence-electron chi connectivity index (χ2n) is 3.39. The number of aryl methyl sites for hydroxylation is 1. The molecule has 2 heteroatoms. The van der Waals surface area contributed by atoms with Gasteiger partial charge in [-0.05, 0) is 30.5 Å². The van der Waals surface area contributed by atoms with Crippen molar-refractivity contribution in [2.45, 2.75) is 12.8 Å². The molecule has 2 aromatic rings. The molecule has 3 rings (SSSR count). The van der Waals surface area contributed by atoms with Crippen molar-refractivity contribution in [1.82, 2.24) is 10.2 Å². The molecule has 1 N–H and O–H groups in total. The van der Waals surface area contributed by atoms with Gasteiger partial charge in [-0.15, -0.1) is 0 Å². The lowest BCUT2D eigenvalue weighted by Gasteiger charge is -1.98. The van der Waals surface area contributed by atoms with Crippen LogP contribution in [-0.4, -0.2) is 10.2 Å². The van der Waals surface area contributed by atoms with Gasteiger partial charge in [0.25, 0.3) is 0 Å². The Labute approximate surface area is 76.3 Å². The average molecular weight is 170 g/mol. The molecular weight excluding hydrogens is 160 g/mol. The smallest absolute Gasteiger partial charge is 0.0926 e. The summed E-state index contributed by atoms with van der Waals surface area (Å²) in [5, 5.41) is 8.62. The molecule has 2 nitrogen and oxygen atoms in total. The molecule has 0 aliphatic heterocycles. The van der Waals surface area contributed by atoms with Gasteiger partial charge in [-0.2, -0.15) is 5.10 Å². The lowest BCUT2D eigenvalue weighted by Crippen LogP contribution is -1.82. The van der Waals surface area contributed by atoms with Gasteiger partial charge in [-0.3, -0.25) is 5.10 Å². The number of aromatic nitrogens is 2. The summed E-state index contributed by atoms with van der Waals surface area (Å²) < 4.78 is 0. The SMILES string of the molecule is C1=Cc2n[nH]c3cccc(c23)CC1. The van der Waals surface area contributed by atoms with Gasteiger partial charge in [0.05, 0.1) is 11.2 Å². The number of allylic oxidation sites excluding steroid dienone is 1. The van der Waals surface area contributed by atoms with Gasteiger partial charge >= 0.3 is 0 Å². The fraction of sp³-hybridized carbons (Fsp3) is 0.182.